The molecule has 0 atom stereocenters. The van der Waals surface area contributed by atoms with Gasteiger partial charge in [-0.05, 0) is 24.5 Å². The van der Waals surface area contributed by atoms with Crippen LogP contribution in [0.15, 0.2) is 39.7 Å². The lowest BCUT2D eigenvalue weighted by molar-refractivity contribution is 0.0952. The maximum atomic E-state index is 14.7. The number of thiazole rings is 1. The molecule has 1 aliphatic rings. The van der Waals surface area contributed by atoms with Crippen LogP contribution >= 0.6 is 23.1 Å². The molecule has 42 heavy (non-hydrogen) atoms. The van der Waals surface area contributed by atoms with Gasteiger partial charge >= 0.3 is 4.87 Å². The number of carbonyl (C=O) groups excluding carboxylic acids is 1. The number of benzene rings is 1. The van der Waals surface area contributed by atoms with Crippen molar-refractivity contribution >= 4 is 56.6 Å². The fraction of sp³-hybridized carbons (Fsp3) is 0.346. The molecule has 220 valence electrons. The van der Waals surface area contributed by atoms with Gasteiger partial charge in [0.1, 0.15) is 16.3 Å². The van der Waals surface area contributed by atoms with E-state index < -0.39 is 17.5 Å². The van der Waals surface area contributed by atoms with Crippen molar-refractivity contribution < 1.29 is 18.0 Å². The van der Waals surface area contributed by atoms with Gasteiger partial charge in [0.15, 0.2) is 17.1 Å². The number of thioether (sulfide) groups is 1. The Bertz CT molecular complexity index is 1810. The van der Waals surface area contributed by atoms with Crippen molar-refractivity contribution in [3.8, 4) is 11.6 Å². The highest BCUT2D eigenvalue weighted by atomic mass is 32.2. The average molecular weight is 616 g/mol. The molecule has 4 aromatic heterocycles. The molecule has 0 aliphatic carbocycles. The zero-order valence-corrected chi connectivity index (χ0v) is 24.2. The van der Waals surface area contributed by atoms with Gasteiger partial charge in [-0.2, -0.15) is 21.3 Å². The molecule has 5 aromatic rings. The third-order valence-corrected chi connectivity index (χ3v) is 8.66. The molecule has 1 fully saturated rings. The molecule has 0 saturated carbocycles. The van der Waals surface area contributed by atoms with E-state index in [0.717, 1.165) is 17.4 Å². The molecule has 0 bridgehead atoms. The first-order valence-corrected chi connectivity index (χ1v) is 15.4. The SMILES string of the molecule is CSCCNC(=O)c1cc(N2CCN(CCn3c(=O)sc4c3nc(N)n3nc(-c5ccco5)nc43)CC2)c(F)cc1F. The third kappa shape index (κ3) is 5.32. The Labute approximate surface area is 246 Å². The normalized spacial score (nSPS) is 14.3. The van der Waals surface area contributed by atoms with E-state index in [1.807, 2.05) is 6.26 Å². The largest absolute Gasteiger partial charge is 0.461 e. The Balaban J connectivity index is 1.14. The van der Waals surface area contributed by atoms with E-state index in [0.29, 0.717) is 79.1 Å². The van der Waals surface area contributed by atoms with Crippen molar-refractivity contribution in [1.82, 2.24) is 34.4 Å². The summed E-state index contributed by atoms with van der Waals surface area (Å²) in [5, 5.41) is 7.04. The van der Waals surface area contributed by atoms with E-state index >= 15 is 0 Å². The lowest BCUT2D eigenvalue weighted by Gasteiger charge is -2.36. The smallest absolute Gasteiger partial charge is 0.309 e. The molecule has 1 aromatic carbocycles. The van der Waals surface area contributed by atoms with Gasteiger partial charge in [0.2, 0.25) is 11.8 Å². The quantitative estimate of drug-likeness (QED) is 0.238. The van der Waals surface area contributed by atoms with Crippen LogP contribution in [-0.4, -0.2) is 86.2 Å². The maximum absolute atomic E-state index is 14.7. The van der Waals surface area contributed by atoms with Gasteiger partial charge in [0, 0.05) is 57.6 Å². The zero-order chi connectivity index (χ0) is 29.4. The Morgan fingerprint density at radius 3 is 2.69 bits per heavy atom. The second-order valence-corrected chi connectivity index (χ2v) is 11.6. The summed E-state index contributed by atoms with van der Waals surface area (Å²) in [5.74, 6) is -0.559. The number of halogens is 2. The first-order valence-electron chi connectivity index (χ1n) is 13.2. The number of carbonyl (C=O) groups is 1. The van der Waals surface area contributed by atoms with Crippen LogP contribution in [0, 0.1) is 11.6 Å². The van der Waals surface area contributed by atoms with E-state index in [4.69, 9.17) is 10.2 Å². The standard InChI is InChI=1S/C26H27F2N9O3S2/c1-41-12-4-30-24(38)15-13-18(17(28)14-16(15)27)35-8-5-34(6-9-35)7-10-36-22-20(42-26(36)39)23-31-21(19-3-2-11-40-19)33-37(23)25(29)32-22/h2-3,11,13-14H,4-10,12H2,1H3,(H2,29,32)(H,30,38). The summed E-state index contributed by atoms with van der Waals surface area (Å²) < 4.78 is 38.1. The molecule has 0 unspecified atom stereocenters. The van der Waals surface area contributed by atoms with Crippen LogP contribution < -0.4 is 20.8 Å². The number of fused-ring (bicyclic) bond motifs is 3. The summed E-state index contributed by atoms with van der Waals surface area (Å²) in [4.78, 5) is 38.1. The lowest BCUT2D eigenvalue weighted by Crippen LogP contribution is -2.47. The van der Waals surface area contributed by atoms with E-state index in [2.05, 4.69) is 25.3 Å². The first kappa shape index (κ1) is 28.1. The molecule has 5 heterocycles. The number of nitrogens with two attached hydrogens (primary N) is 1. The monoisotopic (exact) mass is 615 g/mol. The second kappa shape index (κ2) is 11.7. The van der Waals surface area contributed by atoms with Crippen molar-refractivity contribution in [2.24, 2.45) is 0 Å². The molecule has 1 aliphatic heterocycles. The number of hydrogen-bond acceptors (Lipinski definition) is 11. The number of anilines is 2. The highest BCUT2D eigenvalue weighted by Gasteiger charge is 2.24. The molecule has 6 rings (SSSR count). The van der Waals surface area contributed by atoms with E-state index in [-0.39, 0.29) is 22.1 Å². The number of furan rings is 1. The topological polar surface area (TPSA) is 140 Å². The molecule has 0 radical (unpaired) electrons. The first-order chi connectivity index (χ1) is 20.3. The third-order valence-electron chi connectivity index (χ3n) is 7.08. The predicted molar refractivity (Wildman–Crippen MR) is 158 cm³/mol. The molecular formula is C26H27F2N9O3S2. The summed E-state index contributed by atoms with van der Waals surface area (Å²) in [6.07, 6.45) is 3.43. The van der Waals surface area contributed by atoms with E-state index in [9.17, 15) is 18.4 Å². The van der Waals surface area contributed by atoms with Crippen LogP contribution in [0.4, 0.5) is 20.4 Å². The van der Waals surface area contributed by atoms with E-state index in [1.54, 1.807) is 33.4 Å². The molecule has 12 nitrogen and oxygen atoms in total. The number of nitrogens with zero attached hydrogens (tertiary/aromatic N) is 7. The summed E-state index contributed by atoms with van der Waals surface area (Å²) in [5.41, 5.74) is 7.05. The summed E-state index contributed by atoms with van der Waals surface area (Å²) >= 11 is 2.59. The van der Waals surface area contributed by atoms with Crippen LogP contribution in [-0.2, 0) is 6.54 Å². The fourth-order valence-corrected chi connectivity index (χ4v) is 6.14. The highest BCUT2D eigenvalue weighted by molar-refractivity contribution is 7.98. The van der Waals surface area contributed by atoms with E-state index in [1.165, 1.54) is 16.8 Å². The van der Waals surface area contributed by atoms with Gasteiger partial charge in [0.05, 0.1) is 17.5 Å². The van der Waals surface area contributed by atoms with Crippen LogP contribution in [0.3, 0.4) is 0 Å². The molecular weight excluding hydrogens is 588 g/mol. The van der Waals surface area contributed by atoms with Crippen LogP contribution in [0.5, 0.6) is 0 Å². The van der Waals surface area contributed by atoms with Crippen molar-refractivity contribution in [2.75, 3.05) is 61.9 Å². The predicted octanol–water partition coefficient (Wildman–Crippen LogP) is 2.54. The van der Waals surface area contributed by atoms with Gasteiger partial charge in [0.25, 0.3) is 5.91 Å². The molecule has 1 saturated heterocycles. The lowest BCUT2D eigenvalue weighted by atomic mass is 10.1. The average Bonchev–Trinajstić information content (AvgIpc) is 3.72. The minimum atomic E-state index is -0.889. The van der Waals surface area contributed by atoms with Crippen LogP contribution in [0.1, 0.15) is 10.4 Å². The Morgan fingerprint density at radius 2 is 1.95 bits per heavy atom. The van der Waals surface area contributed by atoms with Crippen molar-refractivity contribution in [2.45, 2.75) is 6.54 Å². The minimum Gasteiger partial charge on any atom is -0.461 e. The van der Waals surface area contributed by atoms with Gasteiger partial charge in [-0.3, -0.25) is 19.1 Å². The number of nitrogens with one attached hydrogen (secondary N) is 1. The maximum Gasteiger partial charge on any atom is 0.309 e. The Hall–Kier alpha value is -4.02. The summed E-state index contributed by atoms with van der Waals surface area (Å²) in [7, 11) is 0. The minimum absolute atomic E-state index is 0.0987. The second-order valence-electron chi connectivity index (χ2n) is 9.65. The van der Waals surface area contributed by atoms with Gasteiger partial charge in [-0.1, -0.05) is 11.3 Å². The Kier molecular flexibility index (Phi) is 7.83. The summed E-state index contributed by atoms with van der Waals surface area (Å²) in [6, 6.07) is 5.51. The number of amides is 1. The van der Waals surface area contributed by atoms with Gasteiger partial charge < -0.3 is 20.4 Å². The number of piperazine rings is 1. The van der Waals surface area contributed by atoms with Crippen LogP contribution in [0.2, 0.25) is 0 Å². The molecule has 3 N–H and O–H groups in total. The van der Waals surface area contributed by atoms with Crippen LogP contribution in [0.25, 0.3) is 27.6 Å². The molecule has 1 amide bonds. The van der Waals surface area contributed by atoms with Crippen molar-refractivity contribution in [3.05, 3.63) is 57.4 Å². The van der Waals surface area contributed by atoms with Crippen molar-refractivity contribution in [3.63, 3.8) is 0 Å². The number of aromatic nitrogens is 5. The number of nitrogen functional groups attached to an aromatic ring is 1. The fourth-order valence-electron chi connectivity index (χ4n) is 4.91. The molecule has 16 heteroatoms. The molecule has 0 spiro atoms. The van der Waals surface area contributed by atoms with Gasteiger partial charge in [-0.25, -0.2) is 13.8 Å². The summed E-state index contributed by atoms with van der Waals surface area (Å²) in [6.45, 7) is 3.41. The van der Waals surface area contributed by atoms with Crippen molar-refractivity contribution in [1.29, 1.82) is 0 Å². The van der Waals surface area contributed by atoms with Gasteiger partial charge in [-0.15, -0.1) is 5.10 Å². The highest BCUT2D eigenvalue weighted by Crippen LogP contribution is 2.27. The number of rotatable bonds is 9. The Morgan fingerprint density at radius 1 is 1.14 bits per heavy atom. The number of hydrogen-bond donors (Lipinski definition) is 2. The zero-order valence-electron chi connectivity index (χ0n) is 22.5.